The largest absolute Gasteiger partial charge is 0.355 e. The van der Waals surface area contributed by atoms with Crippen molar-refractivity contribution < 1.29 is 9.59 Å². The van der Waals surface area contributed by atoms with Crippen molar-refractivity contribution in [1.82, 2.24) is 15.1 Å². The van der Waals surface area contributed by atoms with E-state index in [9.17, 15) is 9.59 Å². The molecule has 2 unspecified atom stereocenters. The number of hydrogen-bond donors (Lipinski definition) is 1. The maximum atomic E-state index is 13.6. The fourth-order valence-corrected chi connectivity index (χ4v) is 5.67. The first-order valence-corrected chi connectivity index (χ1v) is 12.1. The van der Waals surface area contributed by atoms with Gasteiger partial charge in [-0.2, -0.15) is 0 Å². The fourth-order valence-electron chi connectivity index (χ4n) is 5.67. The highest BCUT2D eigenvalue weighted by Crippen LogP contribution is 2.45. The summed E-state index contributed by atoms with van der Waals surface area (Å²) in [6, 6.07) is 15.7. The van der Waals surface area contributed by atoms with Gasteiger partial charge in [0.05, 0.1) is 12.0 Å². The lowest BCUT2D eigenvalue weighted by Gasteiger charge is -2.45. The molecule has 3 heterocycles. The molecule has 0 bridgehead atoms. The van der Waals surface area contributed by atoms with Gasteiger partial charge in [-0.25, -0.2) is 0 Å². The van der Waals surface area contributed by atoms with Crippen LogP contribution in [0.5, 0.6) is 0 Å². The number of nitrogens with one attached hydrogen (secondary N) is 1. The lowest BCUT2D eigenvalue weighted by Crippen LogP contribution is -2.50. The van der Waals surface area contributed by atoms with E-state index in [0.717, 1.165) is 36.4 Å². The summed E-state index contributed by atoms with van der Waals surface area (Å²) in [5, 5.41) is 3.22. The van der Waals surface area contributed by atoms with E-state index in [-0.39, 0.29) is 23.8 Å². The zero-order valence-electron chi connectivity index (χ0n) is 18.9. The van der Waals surface area contributed by atoms with Crippen LogP contribution >= 0.6 is 0 Å². The standard InChI is InChI=1S/C27H33N3O2/c1-19-11-16-29(17-12-19)15-6-14-28-26(31)24-22-9-4-5-10-23(22)27(32)30-18-13-20-7-2-3-8-21(20)25(24)30/h2-5,7-10,19,24-25H,6,11-18H2,1H3,(H,28,31). The minimum atomic E-state index is -0.374. The molecule has 32 heavy (non-hydrogen) atoms. The van der Waals surface area contributed by atoms with E-state index in [4.69, 9.17) is 0 Å². The third-order valence-electron chi connectivity index (χ3n) is 7.54. The van der Waals surface area contributed by atoms with Gasteiger partial charge in [-0.1, -0.05) is 49.4 Å². The molecule has 2 amide bonds. The number of fused-ring (bicyclic) bond motifs is 4. The summed E-state index contributed by atoms with van der Waals surface area (Å²) in [5.74, 6) is 0.537. The SMILES string of the molecule is CC1CCN(CCCNC(=O)C2c3ccccc3C(=O)N3CCc4ccccc4C23)CC1. The summed E-state index contributed by atoms with van der Waals surface area (Å²) in [6.45, 7) is 7.03. The van der Waals surface area contributed by atoms with Gasteiger partial charge >= 0.3 is 0 Å². The molecule has 3 aliphatic heterocycles. The van der Waals surface area contributed by atoms with E-state index in [2.05, 4.69) is 29.3 Å². The van der Waals surface area contributed by atoms with Crippen LogP contribution in [0.15, 0.2) is 48.5 Å². The predicted octanol–water partition coefficient (Wildman–Crippen LogP) is 3.76. The van der Waals surface area contributed by atoms with E-state index >= 15 is 0 Å². The minimum Gasteiger partial charge on any atom is -0.355 e. The monoisotopic (exact) mass is 431 g/mol. The molecule has 2 aromatic rings. The van der Waals surface area contributed by atoms with E-state index in [1.807, 2.05) is 41.3 Å². The smallest absolute Gasteiger partial charge is 0.254 e. The highest BCUT2D eigenvalue weighted by molar-refractivity contribution is 6.01. The Bertz CT molecular complexity index is 996. The molecule has 3 aliphatic rings. The van der Waals surface area contributed by atoms with Crippen LogP contribution in [0, 0.1) is 5.92 Å². The molecule has 1 fully saturated rings. The van der Waals surface area contributed by atoms with E-state index in [0.29, 0.717) is 18.7 Å². The topological polar surface area (TPSA) is 52.7 Å². The molecule has 1 saturated heterocycles. The molecular weight excluding hydrogens is 398 g/mol. The summed E-state index contributed by atoms with van der Waals surface area (Å²) in [4.78, 5) is 31.3. The van der Waals surface area contributed by atoms with Gasteiger partial charge in [-0.15, -0.1) is 0 Å². The molecule has 5 heteroatoms. The second kappa shape index (κ2) is 9.07. The first-order valence-electron chi connectivity index (χ1n) is 12.1. The summed E-state index contributed by atoms with van der Waals surface area (Å²) in [5.41, 5.74) is 3.89. The van der Waals surface area contributed by atoms with Crippen LogP contribution in [-0.4, -0.2) is 54.3 Å². The second-order valence-electron chi connectivity index (χ2n) is 9.63. The van der Waals surface area contributed by atoms with Crippen molar-refractivity contribution in [2.45, 2.75) is 44.6 Å². The number of amides is 2. The number of rotatable bonds is 5. The molecule has 0 spiro atoms. The maximum absolute atomic E-state index is 13.6. The lowest BCUT2D eigenvalue weighted by atomic mass is 9.76. The number of hydrogen-bond acceptors (Lipinski definition) is 3. The average molecular weight is 432 g/mol. The van der Waals surface area contributed by atoms with Crippen LogP contribution in [0.3, 0.4) is 0 Å². The van der Waals surface area contributed by atoms with Crippen LogP contribution in [0.1, 0.15) is 65.2 Å². The van der Waals surface area contributed by atoms with Gasteiger partial charge in [0.1, 0.15) is 0 Å². The Balaban J connectivity index is 1.34. The van der Waals surface area contributed by atoms with Crippen LogP contribution in [0.2, 0.25) is 0 Å². The Morgan fingerprint density at radius 2 is 1.72 bits per heavy atom. The van der Waals surface area contributed by atoms with Gasteiger partial charge in [-0.3, -0.25) is 9.59 Å². The summed E-state index contributed by atoms with van der Waals surface area (Å²) < 4.78 is 0. The van der Waals surface area contributed by atoms with Crippen molar-refractivity contribution in [2.24, 2.45) is 5.92 Å². The van der Waals surface area contributed by atoms with Gasteiger partial charge in [0, 0.05) is 18.7 Å². The highest BCUT2D eigenvalue weighted by atomic mass is 16.2. The highest BCUT2D eigenvalue weighted by Gasteiger charge is 2.45. The number of carbonyl (C=O) groups is 2. The third-order valence-corrected chi connectivity index (χ3v) is 7.54. The van der Waals surface area contributed by atoms with Crippen molar-refractivity contribution >= 4 is 11.8 Å². The van der Waals surface area contributed by atoms with Gasteiger partial charge in [-0.05, 0) is 74.0 Å². The van der Waals surface area contributed by atoms with Gasteiger partial charge < -0.3 is 15.1 Å². The number of piperidine rings is 1. The summed E-state index contributed by atoms with van der Waals surface area (Å²) in [7, 11) is 0. The van der Waals surface area contributed by atoms with Crippen molar-refractivity contribution in [3.8, 4) is 0 Å². The predicted molar refractivity (Wildman–Crippen MR) is 126 cm³/mol. The van der Waals surface area contributed by atoms with E-state index < -0.39 is 0 Å². The number of benzene rings is 2. The van der Waals surface area contributed by atoms with Gasteiger partial charge in [0.25, 0.3) is 5.91 Å². The zero-order valence-corrected chi connectivity index (χ0v) is 18.9. The second-order valence-corrected chi connectivity index (χ2v) is 9.63. The molecular formula is C27H33N3O2. The molecule has 0 radical (unpaired) electrons. The summed E-state index contributed by atoms with van der Waals surface area (Å²) >= 11 is 0. The Morgan fingerprint density at radius 1 is 1.00 bits per heavy atom. The van der Waals surface area contributed by atoms with Crippen molar-refractivity contribution in [2.75, 3.05) is 32.7 Å². The first-order chi connectivity index (χ1) is 15.6. The maximum Gasteiger partial charge on any atom is 0.254 e. The number of nitrogens with zero attached hydrogens (tertiary/aromatic N) is 2. The van der Waals surface area contributed by atoms with Crippen molar-refractivity contribution in [3.63, 3.8) is 0 Å². The molecule has 0 saturated carbocycles. The normalized spacial score (nSPS) is 23.3. The Kier molecular flexibility index (Phi) is 6.01. The Morgan fingerprint density at radius 3 is 2.53 bits per heavy atom. The van der Waals surface area contributed by atoms with Crippen LogP contribution in [-0.2, 0) is 11.2 Å². The fraction of sp³-hybridized carbons (Fsp3) is 0.481. The number of carbonyl (C=O) groups excluding carboxylic acids is 2. The molecule has 2 atom stereocenters. The van der Waals surface area contributed by atoms with Crippen LogP contribution in [0.4, 0.5) is 0 Å². The molecule has 0 aliphatic carbocycles. The zero-order chi connectivity index (χ0) is 22.1. The quantitative estimate of drug-likeness (QED) is 0.734. The molecule has 5 rings (SSSR count). The Labute approximate surface area is 190 Å². The van der Waals surface area contributed by atoms with E-state index in [1.165, 1.54) is 31.5 Å². The Hall–Kier alpha value is -2.66. The molecule has 5 nitrogen and oxygen atoms in total. The third kappa shape index (κ3) is 3.95. The first kappa shape index (κ1) is 21.2. The average Bonchev–Trinajstić information content (AvgIpc) is 2.83. The minimum absolute atomic E-state index is 0.0314. The molecule has 0 aromatic heterocycles. The molecule has 1 N–H and O–H groups in total. The van der Waals surface area contributed by atoms with Crippen molar-refractivity contribution in [3.05, 3.63) is 70.8 Å². The van der Waals surface area contributed by atoms with Crippen molar-refractivity contribution in [1.29, 1.82) is 0 Å². The lowest BCUT2D eigenvalue weighted by molar-refractivity contribution is -0.124. The van der Waals surface area contributed by atoms with Gasteiger partial charge in [0.2, 0.25) is 5.91 Å². The van der Waals surface area contributed by atoms with Crippen LogP contribution in [0.25, 0.3) is 0 Å². The molecule has 2 aromatic carbocycles. The van der Waals surface area contributed by atoms with Crippen LogP contribution < -0.4 is 5.32 Å². The van der Waals surface area contributed by atoms with E-state index in [1.54, 1.807) is 0 Å². The summed E-state index contributed by atoms with van der Waals surface area (Å²) in [6.07, 6.45) is 4.34. The number of likely N-dealkylation sites (tertiary alicyclic amines) is 1. The molecule has 168 valence electrons. The van der Waals surface area contributed by atoms with Gasteiger partial charge in [0.15, 0.2) is 0 Å².